The third-order valence-corrected chi connectivity index (χ3v) is 2.99. The molecule has 3 rings (SSSR count). The van der Waals surface area contributed by atoms with Crippen LogP contribution in [0, 0.1) is 5.82 Å². The van der Waals surface area contributed by atoms with E-state index in [1.807, 2.05) is 0 Å². The van der Waals surface area contributed by atoms with Gasteiger partial charge < -0.3 is 5.73 Å². The fourth-order valence-corrected chi connectivity index (χ4v) is 2.06. The summed E-state index contributed by atoms with van der Waals surface area (Å²) >= 11 is 0. The number of anilines is 1. The van der Waals surface area contributed by atoms with Gasteiger partial charge in [0.15, 0.2) is 11.3 Å². The van der Waals surface area contributed by atoms with E-state index in [1.54, 1.807) is 0 Å². The number of nitrogens with zero attached hydrogens (tertiary/aromatic N) is 3. The number of aromatic nitrogens is 4. The van der Waals surface area contributed by atoms with Crippen LogP contribution in [0.1, 0.15) is 11.3 Å². The molecule has 0 spiro atoms. The fourth-order valence-electron chi connectivity index (χ4n) is 2.06. The number of halogens is 4. The zero-order valence-corrected chi connectivity index (χ0v) is 10.4. The molecule has 110 valence electrons. The van der Waals surface area contributed by atoms with E-state index in [0.717, 1.165) is 4.68 Å². The summed E-state index contributed by atoms with van der Waals surface area (Å²) in [5.74, 6) is -0.618. The van der Waals surface area contributed by atoms with Crippen molar-refractivity contribution >= 4 is 16.9 Å². The van der Waals surface area contributed by atoms with Crippen molar-refractivity contribution in [3.63, 3.8) is 0 Å². The molecule has 5 nitrogen and oxygen atoms in total. The molecule has 0 fully saturated rings. The summed E-state index contributed by atoms with van der Waals surface area (Å²) in [6.45, 7) is 0.0250. The minimum atomic E-state index is -4.63. The quantitative estimate of drug-likeness (QED) is 0.714. The molecule has 0 aliphatic rings. The molecule has 2 heterocycles. The number of rotatable bonds is 2. The lowest BCUT2D eigenvalue weighted by atomic mass is 10.2. The number of aromatic amines is 1. The highest BCUT2D eigenvalue weighted by Crippen LogP contribution is 2.35. The Morgan fingerprint density at radius 3 is 2.48 bits per heavy atom. The summed E-state index contributed by atoms with van der Waals surface area (Å²) in [7, 11) is 0. The van der Waals surface area contributed by atoms with E-state index in [0.29, 0.717) is 5.56 Å². The molecule has 3 N–H and O–H groups in total. The zero-order chi connectivity index (χ0) is 15.2. The predicted molar refractivity (Wildman–Crippen MR) is 66.8 cm³/mol. The first-order valence-corrected chi connectivity index (χ1v) is 5.88. The third-order valence-electron chi connectivity index (χ3n) is 2.99. The van der Waals surface area contributed by atoms with Gasteiger partial charge in [-0.2, -0.15) is 23.4 Å². The molecule has 3 aromatic rings. The van der Waals surface area contributed by atoms with Crippen LogP contribution in [0.5, 0.6) is 0 Å². The molecule has 0 saturated carbocycles. The van der Waals surface area contributed by atoms with Crippen molar-refractivity contribution in [1.82, 2.24) is 20.0 Å². The van der Waals surface area contributed by atoms with E-state index < -0.39 is 17.7 Å². The maximum atomic E-state index is 13.0. The van der Waals surface area contributed by atoms with Crippen LogP contribution in [-0.4, -0.2) is 20.0 Å². The fraction of sp³-hybridized carbons (Fsp3) is 0.167. The molecule has 0 radical (unpaired) electrons. The van der Waals surface area contributed by atoms with Crippen LogP contribution in [0.3, 0.4) is 0 Å². The van der Waals surface area contributed by atoms with Crippen LogP contribution in [0.2, 0.25) is 0 Å². The van der Waals surface area contributed by atoms with Crippen molar-refractivity contribution in [3.05, 3.63) is 41.3 Å². The molecule has 0 aliphatic carbocycles. The molecule has 0 amide bonds. The van der Waals surface area contributed by atoms with E-state index in [2.05, 4.69) is 15.3 Å². The predicted octanol–water partition coefficient (Wildman–Crippen LogP) is 2.55. The van der Waals surface area contributed by atoms with Gasteiger partial charge in [0.2, 0.25) is 0 Å². The van der Waals surface area contributed by atoms with Gasteiger partial charge in [0.1, 0.15) is 11.6 Å². The average Bonchev–Trinajstić information content (AvgIpc) is 2.94. The number of nitrogens with two attached hydrogens (primary N) is 1. The van der Waals surface area contributed by atoms with Gasteiger partial charge in [0.05, 0.1) is 11.9 Å². The number of benzene rings is 1. The van der Waals surface area contributed by atoms with Crippen LogP contribution in [0.25, 0.3) is 11.0 Å². The number of H-pyrrole nitrogens is 1. The number of nitrogen functional groups attached to an aromatic ring is 1. The van der Waals surface area contributed by atoms with Crippen molar-refractivity contribution < 1.29 is 17.6 Å². The summed E-state index contributed by atoms with van der Waals surface area (Å²) < 4.78 is 52.8. The minimum absolute atomic E-state index is 0.00384. The zero-order valence-electron chi connectivity index (χ0n) is 10.4. The Morgan fingerprint density at radius 1 is 1.19 bits per heavy atom. The lowest BCUT2D eigenvalue weighted by Crippen LogP contribution is -2.10. The molecule has 21 heavy (non-hydrogen) atoms. The van der Waals surface area contributed by atoms with Gasteiger partial charge in [-0.3, -0.25) is 5.10 Å². The number of nitrogens with one attached hydrogen (secondary N) is 1. The molecular weight excluding hydrogens is 290 g/mol. The lowest BCUT2D eigenvalue weighted by Gasteiger charge is -2.04. The van der Waals surface area contributed by atoms with Gasteiger partial charge in [0, 0.05) is 0 Å². The maximum Gasteiger partial charge on any atom is 0.435 e. The van der Waals surface area contributed by atoms with E-state index >= 15 is 0 Å². The number of hydrogen-bond donors (Lipinski definition) is 2. The SMILES string of the molecule is Nc1[nH]nc2c1c(C(F)(F)F)nn2Cc1ccc(F)cc1. The Labute approximate surface area is 115 Å². The van der Waals surface area contributed by atoms with Crippen molar-refractivity contribution in [1.29, 1.82) is 0 Å². The van der Waals surface area contributed by atoms with Crippen molar-refractivity contribution in [3.8, 4) is 0 Å². The Kier molecular flexibility index (Phi) is 2.85. The van der Waals surface area contributed by atoms with Crippen LogP contribution in [0.4, 0.5) is 23.4 Å². The summed E-state index contributed by atoms with van der Waals surface area (Å²) in [6.07, 6.45) is -4.63. The van der Waals surface area contributed by atoms with Gasteiger partial charge >= 0.3 is 6.18 Å². The summed E-state index contributed by atoms with van der Waals surface area (Å²) in [5.41, 5.74) is 4.98. The highest BCUT2D eigenvalue weighted by molar-refractivity contribution is 5.89. The minimum Gasteiger partial charge on any atom is -0.383 e. The molecule has 0 atom stereocenters. The Bertz CT molecular complexity index is 784. The van der Waals surface area contributed by atoms with Crippen LogP contribution in [-0.2, 0) is 12.7 Å². The molecule has 0 saturated heterocycles. The average molecular weight is 299 g/mol. The van der Waals surface area contributed by atoms with E-state index in [9.17, 15) is 17.6 Å². The molecule has 1 aromatic carbocycles. The molecular formula is C12H9F4N5. The summed E-state index contributed by atoms with van der Waals surface area (Å²) in [4.78, 5) is 0. The largest absolute Gasteiger partial charge is 0.435 e. The Morgan fingerprint density at radius 2 is 1.86 bits per heavy atom. The first-order chi connectivity index (χ1) is 9.86. The standard InChI is InChI=1S/C12H9F4N5/c13-7-3-1-6(2-4-7)5-21-11-8(10(17)18-19-11)9(20-21)12(14,15)16/h1-4H,5H2,(H3,17,18,19). The Balaban J connectivity index is 2.09. The van der Waals surface area contributed by atoms with Crippen molar-refractivity contribution in [2.75, 3.05) is 5.73 Å². The number of fused-ring (bicyclic) bond motifs is 1. The van der Waals surface area contributed by atoms with Gasteiger partial charge in [-0.25, -0.2) is 9.07 Å². The van der Waals surface area contributed by atoms with Crippen LogP contribution in [0.15, 0.2) is 24.3 Å². The van der Waals surface area contributed by atoms with Crippen LogP contribution < -0.4 is 5.73 Å². The van der Waals surface area contributed by atoms with Gasteiger partial charge in [0.25, 0.3) is 0 Å². The molecule has 2 aromatic heterocycles. The highest BCUT2D eigenvalue weighted by atomic mass is 19.4. The van der Waals surface area contributed by atoms with Crippen LogP contribution >= 0.6 is 0 Å². The number of hydrogen-bond acceptors (Lipinski definition) is 3. The van der Waals surface area contributed by atoms with Crippen molar-refractivity contribution in [2.45, 2.75) is 12.7 Å². The second-order valence-electron chi connectivity index (χ2n) is 4.47. The maximum absolute atomic E-state index is 13.0. The molecule has 9 heteroatoms. The molecule has 0 aliphatic heterocycles. The van der Waals surface area contributed by atoms with Crippen molar-refractivity contribution in [2.24, 2.45) is 0 Å². The monoisotopic (exact) mass is 299 g/mol. The second-order valence-corrected chi connectivity index (χ2v) is 4.47. The lowest BCUT2D eigenvalue weighted by molar-refractivity contribution is -0.140. The first kappa shape index (κ1) is 13.4. The second kappa shape index (κ2) is 4.47. The summed E-state index contributed by atoms with van der Waals surface area (Å²) in [6, 6.07) is 5.37. The van der Waals surface area contributed by atoms with E-state index in [-0.39, 0.29) is 23.4 Å². The third kappa shape index (κ3) is 2.30. The molecule has 0 unspecified atom stereocenters. The van der Waals surface area contributed by atoms with E-state index in [4.69, 9.17) is 5.73 Å². The van der Waals surface area contributed by atoms with Gasteiger partial charge in [-0.15, -0.1) is 0 Å². The number of alkyl halides is 3. The topological polar surface area (TPSA) is 72.5 Å². The first-order valence-electron chi connectivity index (χ1n) is 5.88. The van der Waals surface area contributed by atoms with Gasteiger partial charge in [-0.1, -0.05) is 12.1 Å². The highest BCUT2D eigenvalue weighted by Gasteiger charge is 2.38. The summed E-state index contributed by atoms with van der Waals surface area (Å²) in [5, 5.41) is 9.33. The smallest absolute Gasteiger partial charge is 0.383 e. The normalized spacial score (nSPS) is 12.2. The van der Waals surface area contributed by atoms with E-state index in [1.165, 1.54) is 24.3 Å². The molecule has 0 bridgehead atoms. The van der Waals surface area contributed by atoms with Gasteiger partial charge in [-0.05, 0) is 17.7 Å². The Hall–Kier alpha value is -2.58.